The van der Waals surface area contributed by atoms with E-state index < -0.39 is 6.09 Å². The van der Waals surface area contributed by atoms with Crippen LogP contribution in [0.25, 0.3) is 11.3 Å². The number of aromatic nitrogens is 3. The average Bonchev–Trinajstić information content (AvgIpc) is 3.76. The number of hydrogen-bond acceptors (Lipinski definition) is 7. The predicted octanol–water partition coefficient (Wildman–Crippen LogP) is 6.46. The summed E-state index contributed by atoms with van der Waals surface area (Å²) in [5.74, 6) is 3.32. The molecule has 3 fully saturated rings. The molecule has 0 saturated heterocycles. The maximum Gasteiger partial charge on any atom is 0.404 e. The van der Waals surface area contributed by atoms with E-state index in [1.807, 2.05) is 30.0 Å². The fraction of sp³-hybridized carbons (Fsp3) is 0.545. The highest BCUT2D eigenvalue weighted by Gasteiger charge is 2.34. The number of hydrogen-bond donors (Lipinski definition) is 2. The van der Waals surface area contributed by atoms with Gasteiger partial charge in [-0.3, -0.25) is 14.7 Å². The molecule has 2 N–H and O–H groups in total. The number of aryl methyl sites for hydroxylation is 1. The Morgan fingerprint density at radius 1 is 1.00 bits per heavy atom. The van der Waals surface area contributed by atoms with Crippen molar-refractivity contribution in [3.63, 3.8) is 0 Å². The zero-order valence-corrected chi connectivity index (χ0v) is 25.0. The van der Waals surface area contributed by atoms with E-state index in [2.05, 4.69) is 16.4 Å². The molecule has 10 nitrogen and oxygen atoms in total. The molecule has 3 heterocycles. The van der Waals surface area contributed by atoms with Gasteiger partial charge in [-0.05, 0) is 101 Å². The largest absolute Gasteiger partial charge is 0.495 e. The second kappa shape index (κ2) is 12.7. The summed E-state index contributed by atoms with van der Waals surface area (Å²) in [5.41, 5.74) is 3.68. The molecule has 0 atom stereocenters. The van der Waals surface area contributed by atoms with Crippen LogP contribution in [-0.2, 0) is 4.79 Å². The first kappa shape index (κ1) is 29.1. The second-order valence-electron chi connectivity index (χ2n) is 12.4. The molecule has 3 aliphatic carbocycles. The molecular formula is C33H41N5O5. The normalized spacial score (nSPS) is 23.9. The summed E-state index contributed by atoms with van der Waals surface area (Å²) >= 11 is 0. The number of pyridine rings is 2. The van der Waals surface area contributed by atoms with Crippen LogP contribution in [0.2, 0.25) is 0 Å². The standard InChI is InChI=1S/C33H41N5O5/c1-20-29(42-2)14-13-27(35-20)22-5-3-21(4-6-22)18-38(32(39)24-9-11-26(12-10-24)36-33(40)41)30-17-25(15-16-34-30)28-19-43-31(37-28)23-7-8-23/h13-17,19,21-24,26,36H,3-12,18H2,1-2H3,(H,40,41)/t21-,22-,24-,26-. The molecular weight excluding hydrogens is 546 g/mol. The first-order valence-corrected chi connectivity index (χ1v) is 15.6. The first-order valence-electron chi connectivity index (χ1n) is 15.6. The summed E-state index contributed by atoms with van der Waals surface area (Å²) in [4.78, 5) is 41.4. The fourth-order valence-electron chi connectivity index (χ4n) is 6.75. The molecule has 0 aliphatic heterocycles. The monoisotopic (exact) mass is 587 g/mol. The highest BCUT2D eigenvalue weighted by molar-refractivity contribution is 5.94. The highest BCUT2D eigenvalue weighted by Crippen LogP contribution is 2.41. The number of carbonyl (C=O) groups is 2. The van der Waals surface area contributed by atoms with Crippen LogP contribution in [-0.4, -0.2) is 51.8 Å². The summed E-state index contributed by atoms with van der Waals surface area (Å²) in [6.07, 6.45) is 11.4. The van der Waals surface area contributed by atoms with Crippen molar-refractivity contribution in [3.05, 3.63) is 54.0 Å². The Morgan fingerprint density at radius 3 is 2.42 bits per heavy atom. The lowest BCUT2D eigenvalue weighted by Crippen LogP contribution is -2.44. The number of carboxylic acid groups (broad SMARTS) is 1. The van der Waals surface area contributed by atoms with Crippen LogP contribution in [0.4, 0.5) is 10.6 Å². The van der Waals surface area contributed by atoms with Crippen LogP contribution in [0.3, 0.4) is 0 Å². The molecule has 3 saturated carbocycles. The van der Waals surface area contributed by atoms with E-state index in [4.69, 9.17) is 24.2 Å². The summed E-state index contributed by atoms with van der Waals surface area (Å²) in [6.45, 7) is 2.59. The summed E-state index contributed by atoms with van der Waals surface area (Å²) in [5, 5.41) is 11.7. The molecule has 3 aliphatic rings. The number of ether oxygens (including phenoxy) is 1. The number of rotatable bonds is 9. The Labute approximate surface area is 252 Å². The van der Waals surface area contributed by atoms with Crippen molar-refractivity contribution < 1.29 is 23.8 Å². The van der Waals surface area contributed by atoms with Gasteiger partial charge in [0.25, 0.3) is 0 Å². The van der Waals surface area contributed by atoms with Crippen molar-refractivity contribution >= 4 is 17.8 Å². The molecule has 43 heavy (non-hydrogen) atoms. The maximum absolute atomic E-state index is 14.1. The zero-order valence-electron chi connectivity index (χ0n) is 25.0. The van der Waals surface area contributed by atoms with Gasteiger partial charge in [-0.15, -0.1) is 0 Å². The number of nitrogens with one attached hydrogen (secondary N) is 1. The van der Waals surface area contributed by atoms with Crippen molar-refractivity contribution in [2.75, 3.05) is 18.6 Å². The minimum atomic E-state index is -1.01. The van der Waals surface area contributed by atoms with Crippen molar-refractivity contribution in [1.29, 1.82) is 0 Å². The van der Waals surface area contributed by atoms with Gasteiger partial charge in [-0.2, -0.15) is 0 Å². The SMILES string of the molecule is COc1ccc([C@H]2CC[C@H](CN(c3cc(-c4coc(C5CC5)n4)ccn3)C(=O)[C@H]3CC[C@H](NC(=O)O)CC3)CC2)nc1C. The van der Waals surface area contributed by atoms with Crippen LogP contribution >= 0.6 is 0 Å². The van der Waals surface area contributed by atoms with Gasteiger partial charge in [0, 0.05) is 47.8 Å². The van der Waals surface area contributed by atoms with Crippen LogP contribution in [0, 0.1) is 18.8 Å². The molecule has 0 spiro atoms. The topological polar surface area (TPSA) is 131 Å². The molecule has 3 aromatic rings. The maximum atomic E-state index is 14.1. The van der Waals surface area contributed by atoms with E-state index in [1.165, 1.54) is 0 Å². The molecule has 3 aromatic heterocycles. The average molecular weight is 588 g/mol. The summed E-state index contributed by atoms with van der Waals surface area (Å²) < 4.78 is 11.1. The molecule has 2 amide bonds. The molecule has 0 aromatic carbocycles. The van der Waals surface area contributed by atoms with Crippen molar-refractivity contribution in [3.8, 4) is 17.0 Å². The Balaban J connectivity index is 1.18. The third kappa shape index (κ3) is 6.84. The van der Waals surface area contributed by atoms with Crippen LogP contribution in [0.5, 0.6) is 5.75 Å². The van der Waals surface area contributed by atoms with E-state index in [0.717, 1.165) is 72.8 Å². The van der Waals surface area contributed by atoms with Gasteiger partial charge in [0.2, 0.25) is 5.91 Å². The lowest BCUT2D eigenvalue weighted by atomic mass is 9.79. The number of nitrogens with zero attached hydrogens (tertiary/aromatic N) is 4. The van der Waals surface area contributed by atoms with Crippen LogP contribution in [0.15, 0.2) is 41.1 Å². The van der Waals surface area contributed by atoms with Gasteiger partial charge in [0.1, 0.15) is 23.5 Å². The van der Waals surface area contributed by atoms with Gasteiger partial charge < -0.3 is 19.6 Å². The lowest BCUT2D eigenvalue weighted by Gasteiger charge is -2.35. The zero-order chi connectivity index (χ0) is 29.9. The molecule has 6 rings (SSSR count). The Morgan fingerprint density at radius 2 is 1.74 bits per heavy atom. The van der Waals surface area contributed by atoms with Gasteiger partial charge in [-0.1, -0.05) is 0 Å². The van der Waals surface area contributed by atoms with E-state index in [0.29, 0.717) is 55.8 Å². The number of methoxy groups -OCH3 is 1. The third-order valence-corrected chi connectivity index (χ3v) is 9.42. The Bertz CT molecular complexity index is 1440. The number of amides is 2. The molecule has 10 heteroatoms. The third-order valence-electron chi connectivity index (χ3n) is 9.42. The Hall–Kier alpha value is -3.95. The number of carbonyl (C=O) groups excluding carboxylic acids is 1. The van der Waals surface area contributed by atoms with Gasteiger partial charge in [0.15, 0.2) is 5.89 Å². The van der Waals surface area contributed by atoms with Gasteiger partial charge >= 0.3 is 6.09 Å². The molecule has 0 bridgehead atoms. The van der Waals surface area contributed by atoms with Gasteiger partial charge in [-0.25, -0.2) is 14.8 Å². The van der Waals surface area contributed by atoms with Crippen molar-refractivity contribution in [2.45, 2.75) is 89.0 Å². The quantitative estimate of drug-likeness (QED) is 0.292. The van der Waals surface area contributed by atoms with Gasteiger partial charge in [0.05, 0.1) is 12.8 Å². The lowest BCUT2D eigenvalue weighted by molar-refractivity contribution is -0.123. The van der Waals surface area contributed by atoms with E-state index in [-0.39, 0.29) is 17.9 Å². The fourth-order valence-corrected chi connectivity index (χ4v) is 6.75. The minimum absolute atomic E-state index is 0.0758. The van der Waals surface area contributed by atoms with Crippen LogP contribution < -0.4 is 15.0 Å². The van der Waals surface area contributed by atoms with Crippen molar-refractivity contribution in [1.82, 2.24) is 20.3 Å². The summed E-state index contributed by atoms with van der Waals surface area (Å²) in [6, 6.07) is 7.86. The number of oxazole rings is 1. The second-order valence-corrected chi connectivity index (χ2v) is 12.4. The highest BCUT2D eigenvalue weighted by atomic mass is 16.5. The predicted molar refractivity (Wildman–Crippen MR) is 161 cm³/mol. The molecule has 0 unspecified atom stereocenters. The molecule has 228 valence electrons. The summed E-state index contributed by atoms with van der Waals surface area (Å²) in [7, 11) is 1.67. The first-order chi connectivity index (χ1) is 20.9. The Kier molecular flexibility index (Phi) is 8.63. The smallest absolute Gasteiger partial charge is 0.404 e. The van der Waals surface area contributed by atoms with Crippen molar-refractivity contribution in [2.24, 2.45) is 11.8 Å². The van der Waals surface area contributed by atoms with E-state index in [9.17, 15) is 9.59 Å². The van der Waals surface area contributed by atoms with Crippen LogP contribution in [0.1, 0.15) is 93.3 Å². The minimum Gasteiger partial charge on any atom is -0.495 e. The van der Waals surface area contributed by atoms with E-state index >= 15 is 0 Å². The number of anilines is 1. The van der Waals surface area contributed by atoms with E-state index in [1.54, 1.807) is 19.6 Å². The molecule has 0 radical (unpaired) electrons.